The maximum atomic E-state index is 11.4. The minimum Gasteiger partial charge on any atom is -0.423 e. The predicted molar refractivity (Wildman–Crippen MR) is 143 cm³/mol. The summed E-state index contributed by atoms with van der Waals surface area (Å²) in [5.41, 5.74) is 4.74. The van der Waals surface area contributed by atoms with E-state index in [1.807, 2.05) is 30.3 Å². The Hall–Kier alpha value is -3.18. The first-order valence-electron chi connectivity index (χ1n) is 12.1. The molecule has 0 fully saturated rings. The molecular weight excluding hydrogens is 431 g/mol. The van der Waals surface area contributed by atoms with Gasteiger partial charge in [-0.05, 0) is 66.5 Å². The normalized spacial score (nSPS) is 14.3. The van der Waals surface area contributed by atoms with E-state index in [4.69, 9.17) is 4.65 Å². The molecule has 0 amide bonds. The van der Waals surface area contributed by atoms with E-state index in [1.54, 1.807) is 27.7 Å². The average molecular weight is 462 g/mol. The van der Waals surface area contributed by atoms with Gasteiger partial charge >= 0.3 is 7.12 Å². The lowest BCUT2D eigenvalue weighted by atomic mass is 9.66. The van der Waals surface area contributed by atoms with Crippen LogP contribution in [0.2, 0.25) is 0 Å². The number of hydrogen-bond acceptors (Lipinski definition) is 3. The summed E-state index contributed by atoms with van der Waals surface area (Å²) in [4.78, 5) is 0. The van der Waals surface area contributed by atoms with E-state index in [0.717, 1.165) is 16.7 Å². The zero-order valence-electron chi connectivity index (χ0n) is 20.7. The molecule has 0 aliphatic heterocycles. The van der Waals surface area contributed by atoms with Crippen molar-refractivity contribution < 1.29 is 14.8 Å². The molecule has 176 valence electrons. The molecule has 0 saturated heterocycles. The predicted octanol–water partition coefficient (Wildman–Crippen LogP) is 5.30. The lowest BCUT2D eigenvalue weighted by molar-refractivity contribution is -0.0982. The van der Waals surface area contributed by atoms with Crippen LogP contribution < -0.4 is 5.46 Å². The van der Waals surface area contributed by atoms with Crippen molar-refractivity contribution >= 4 is 12.6 Å². The molecule has 3 nitrogen and oxygen atoms in total. The van der Waals surface area contributed by atoms with Crippen molar-refractivity contribution in [2.45, 2.75) is 44.3 Å². The van der Waals surface area contributed by atoms with E-state index in [2.05, 4.69) is 72.8 Å². The summed E-state index contributed by atoms with van der Waals surface area (Å²) in [5, 5.41) is 22.0. The quantitative estimate of drug-likeness (QED) is 0.337. The Morgan fingerprint density at radius 1 is 0.657 bits per heavy atom. The van der Waals surface area contributed by atoms with Gasteiger partial charge < -0.3 is 14.8 Å². The van der Waals surface area contributed by atoms with Gasteiger partial charge in [0.1, 0.15) is 0 Å². The van der Waals surface area contributed by atoms with Gasteiger partial charge in [-0.25, -0.2) is 0 Å². The third-order valence-corrected chi connectivity index (χ3v) is 7.66. The van der Waals surface area contributed by atoms with Crippen molar-refractivity contribution in [3.05, 3.63) is 125 Å². The standard InChI is InChI=1S/C31H31BO3/c1-29(2,33)30(3,4)35-32(34)27-21-13-20-26-28(27)24-18-11-12-19-25(24)31(26,22-14-7-5-8-15-22)23-16-9-6-10-17-23/h5-21,33-34H,1-4H3. The monoisotopic (exact) mass is 462 g/mol. The topological polar surface area (TPSA) is 49.7 Å². The van der Waals surface area contributed by atoms with Gasteiger partial charge in [0.15, 0.2) is 0 Å². The molecule has 0 unspecified atom stereocenters. The third kappa shape index (κ3) is 3.64. The molecule has 0 atom stereocenters. The fourth-order valence-electron chi connectivity index (χ4n) is 5.21. The number of rotatable bonds is 6. The second kappa shape index (κ2) is 8.49. The molecule has 0 radical (unpaired) electrons. The van der Waals surface area contributed by atoms with E-state index >= 15 is 0 Å². The fourth-order valence-corrected chi connectivity index (χ4v) is 5.21. The second-order valence-electron chi connectivity index (χ2n) is 10.3. The van der Waals surface area contributed by atoms with Gasteiger partial charge in [-0.1, -0.05) is 103 Å². The van der Waals surface area contributed by atoms with Crippen molar-refractivity contribution in [2.24, 2.45) is 0 Å². The van der Waals surface area contributed by atoms with Gasteiger partial charge in [-0.15, -0.1) is 0 Å². The van der Waals surface area contributed by atoms with Crippen molar-refractivity contribution in [1.82, 2.24) is 0 Å². The Balaban J connectivity index is 1.80. The summed E-state index contributed by atoms with van der Waals surface area (Å²) in [6.45, 7) is 6.98. The Bertz CT molecular complexity index is 1300. The molecule has 0 saturated carbocycles. The SMILES string of the molecule is CC(C)(O)C(C)(C)OB(O)c1cccc2c1-c1ccccc1C2(c1ccccc1)c1ccccc1. The highest BCUT2D eigenvalue weighted by Gasteiger charge is 2.48. The van der Waals surface area contributed by atoms with Gasteiger partial charge in [-0.3, -0.25) is 0 Å². The van der Waals surface area contributed by atoms with Crippen LogP contribution in [0.5, 0.6) is 0 Å². The summed E-state index contributed by atoms with van der Waals surface area (Å²) in [5.74, 6) is 0. The smallest absolute Gasteiger partial charge is 0.423 e. The summed E-state index contributed by atoms with van der Waals surface area (Å²) < 4.78 is 6.11. The Labute approximate surface area is 208 Å². The van der Waals surface area contributed by atoms with Crippen LogP contribution in [0, 0.1) is 0 Å². The van der Waals surface area contributed by atoms with Gasteiger partial charge in [0.05, 0.1) is 16.6 Å². The number of benzene rings is 4. The molecule has 0 bridgehead atoms. The van der Waals surface area contributed by atoms with Gasteiger partial charge in [-0.2, -0.15) is 0 Å². The van der Waals surface area contributed by atoms with E-state index in [0.29, 0.717) is 5.46 Å². The lowest BCUT2D eigenvalue weighted by Crippen LogP contribution is -2.53. The Morgan fingerprint density at radius 3 is 1.74 bits per heavy atom. The minimum absolute atomic E-state index is 0.532. The highest BCUT2D eigenvalue weighted by Crippen LogP contribution is 2.55. The minimum atomic E-state index is -1.21. The molecule has 4 heteroatoms. The van der Waals surface area contributed by atoms with Crippen LogP contribution in [-0.2, 0) is 10.1 Å². The molecule has 1 aliphatic rings. The van der Waals surface area contributed by atoms with Crippen LogP contribution in [0.4, 0.5) is 0 Å². The molecule has 5 rings (SSSR count). The molecule has 4 aromatic carbocycles. The fraction of sp³-hybridized carbons (Fsp3) is 0.226. The zero-order chi connectivity index (χ0) is 24.8. The highest BCUT2D eigenvalue weighted by molar-refractivity contribution is 6.62. The van der Waals surface area contributed by atoms with Gasteiger partial charge in [0.2, 0.25) is 0 Å². The maximum Gasteiger partial charge on any atom is 0.492 e. The Morgan fingerprint density at radius 2 is 1.17 bits per heavy atom. The van der Waals surface area contributed by atoms with Crippen LogP contribution in [0.25, 0.3) is 11.1 Å². The lowest BCUT2D eigenvalue weighted by Gasteiger charge is -2.38. The van der Waals surface area contributed by atoms with Crippen LogP contribution in [-0.4, -0.2) is 28.5 Å². The first-order valence-corrected chi connectivity index (χ1v) is 12.1. The van der Waals surface area contributed by atoms with E-state index < -0.39 is 23.7 Å². The molecule has 35 heavy (non-hydrogen) atoms. The molecule has 0 aromatic heterocycles. The molecule has 0 spiro atoms. The number of hydrogen-bond donors (Lipinski definition) is 2. The van der Waals surface area contributed by atoms with Crippen molar-refractivity contribution in [2.75, 3.05) is 0 Å². The summed E-state index contributed by atoms with van der Waals surface area (Å²) in [6, 6.07) is 35.6. The van der Waals surface area contributed by atoms with Gasteiger partial charge in [0, 0.05) is 0 Å². The van der Waals surface area contributed by atoms with Gasteiger partial charge in [0.25, 0.3) is 0 Å². The Kier molecular flexibility index (Phi) is 5.72. The van der Waals surface area contributed by atoms with E-state index in [-0.39, 0.29) is 0 Å². The number of aliphatic hydroxyl groups is 1. The number of fused-ring (bicyclic) bond motifs is 3. The van der Waals surface area contributed by atoms with Crippen molar-refractivity contribution in [1.29, 1.82) is 0 Å². The molecular formula is C31H31BO3. The van der Waals surface area contributed by atoms with Crippen LogP contribution >= 0.6 is 0 Å². The third-order valence-electron chi connectivity index (χ3n) is 7.66. The first-order chi connectivity index (χ1) is 16.7. The van der Waals surface area contributed by atoms with Crippen LogP contribution in [0.3, 0.4) is 0 Å². The van der Waals surface area contributed by atoms with E-state index in [9.17, 15) is 10.1 Å². The highest BCUT2D eigenvalue weighted by atomic mass is 16.5. The van der Waals surface area contributed by atoms with Crippen LogP contribution in [0.1, 0.15) is 49.9 Å². The first kappa shape index (κ1) is 23.6. The second-order valence-corrected chi connectivity index (χ2v) is 10.3. The van der Waals surface area contributed by atoms with Crippen LogP contribution in [0.15, 0.2) is 103 Å². The molecule has 1 aliphatic carbocycles. The molecule has 2 N–H and O–H groups in total. The summed E-state index contributed by atoms with van der Waals surface area (Å²) >= 11 is 0. The average Bonchev–Trinajstić information content (AvgIpc) is 3.15. The maximum absolute atomic E-state index is 11.4. The van der Waals surface area contributed by atoms with Crippen molar-refractivity contribution in [3.63, 3.8) is 0 Å². The largest absolute Gasteiger partial charge is 0.492 e. The summed E-state index contributed by atoms with van der Waals surface area (Å²) in [7, 11) is -1.21. The molecule has 0 heterocycles. The van der Waals surface area contributed by atoms with E-state index in [1.165, 1.54) is 16.7 Å². The van der Waals surface area contributed by atoms with Crippen molar-refractivity contribution in [3.8, 4) is 11.1 Å². The molecule has 4 aromatic rings. The zero-order valence-corrected chi connectivity index (χ0v) is 20.7. The summed E-state index contributed by atoms with van der Waals surface area (Å²) in [6.07, 6.45) is 0.